The zero-order valence-corrected chi connectivity index (χ0v) is 22.3. The third kappa shape index (κ3) is 6.74. The van der Waals surface area contributed by atoms with Crippen LogP contribution in [0.4, 0.5) is 0 Å². The Morgan fingerprint density at radius 1 is 0.970 bits per heavy atom. The van der Waals surface area contributed by atoms with E-state index in [-0.39, 0.29) is 31.6 Å². The Bertz CT molecular complexity index is 1280. The Hall–Kier alpha value is -3.01. The minimum absolute atomic E-state index is 0. The first kappa shape index (κ1) is 26.2. The zero-order chi connectivity index (χ0) is 23.4. The van der Waals surface area contributed by atoms with Crippen molar-refractivity contribution in [2.24, 2.45) is 0 Å². The van der Waals surface area contributed by atoms with Crippen LogP contribution >= 0.6 is 0 Å². The van der Waals surface area contributed by atoms with Gasteiger partial charge < -0.3 is 9.67 Å². The number of fused-ring (bicyclic) bond motifs is 1. The molecule has 0 fully saturated rings. The minimum atomic E-state index is -0.125. The van der Waals surface area contributed by atoms with Gasteiger partial charge in [-0.25, -0.2) is 0 Å². The third-order valence-electron chi connectivity index (χ3n) is 5.02. The number of hydrogen-bond acceptors (Lipinski definition) is 3. The second-order valence-corrected chi connectivity index (χ2v) is 8.23. The van der Waals surface area contributed by atoms with Gasteiger partial charge in [0, 0.05) is 49.6 Å². The number of rotatable bonds is 3. The van der Waals surface area contributed by atoms with Gasteiger partial charge in [0.25, 0.3) is 0 Å². The smallest absolute Gasteiger partial charge is 0.155 e. The molecule has 1 radical (unpaired) electrons. The standard InChI is InChI=1S/C23H21N2.C5H8O2.Ir/c1-15-9-16(2)11-20(10-15)23-18(4)12-19-14-22(25-7-5-6-8-25)17(3)13-21(19)24-23;1-4(6)3-5(2)7;/h5-10,12-14H,1-4H3;3,6H,1-2H3;/q-1;;/b;4-3-;. The van der Waals surface area contributed by atoms with E-state index in [0.717, 1.165) is 22.3 Å². The summed E-state index contributed by atoms with van der Waals surface area (Å²) in [6.07, 6.45) is 5.32. The summed E-state index contributed by atoms with van der Waals surface area (Å²) in [6, 6.07) is 18.5. The van der Waals surface area contributed by atoms with E-state index in [4.69, 9.17) is 10.1 Å². The molecule has 33 heavy (non-hydrogen) atoms. The van der Waals surface area contributed by atoms with E-state index in [1.807, 2.05) is 12.1 Å². The number of aliphatic hydroxyl groups excluding tert-OH is 1. The van der Waals surface area contributed by atoms with Crippen molar-refractivity contribution in [3.05, 3.63) is 95.0 Å². The van der Waals surface area contributed by atoms with Crippen LogP contribution in [0.1, 0.15) is 36.1 Å². The summed E-state index contributed by atoms with van der Waals surface area (Å²) in [7, 11) is 0. The summed E-state index contributed by atoms with van der Waals surface area (Å²) in [6.45, 7) is 11.3. The molecule has 0 aliphatic heterocycles. The van der Waals surface area contributed by atoms with Gasteiger partial charge in [0.1, 0.15) is 0 Å². The van der Waals surface area contributed by atoms with Crippen molar-refractivity contribution in [3.8, 4) is 16.9 Å². The first-order chi connectivity index (χ1) is 15.1. The minimum Gasteiger partial charge on any atom is -0.512 e. The predicted molar refractivity (Wildman–Crippen MR) is 131 cm³/mol. The van der Waals surface area contributed by atoms with Gasteiger partial charge in [0.15, 0.2) is 5.78 Å². The van der Waals surface area contributed by atoms with Crippen molar-refractivity contribution < 1.29 is 30.0 Å². The molecule has 4 nitrogen and oxygen atoms in total. The summed E-state index contributed by atoms with van der Waals surface area (Å²) in [5.74, 6) is -0.0625. The Labute approximate surface area is 209 Å². The Kier molecular flexibility index (Phi) is 8.92. The average molecular weight is 618 g/mol. The first-order valence-electron chi connectivity index (χ1n) is 10.6. The molecule has 0 atom stereocenters. The molecule has 0 saturated carbocycles. The summed E-state index contributed by atoms with van der Waals surface area (Å²) < 4.78 is 2.15. The number of aromatic nitrogens is 2. The van der Waals surface area contributed by atoms with E-state index in [1.54, 1.807) is 0 Å². The number of ketones is 1. The molecule has 173 valence electrons. The largest absolute Gasteiger partial charge is 0.512 e. The van der Waals surface area contributed by atoms with Gasteiger partial charge in [-0.2, -0.15) is 0 Å². The predicted octanol–water partition coefficient (Wildman–Crippen LogP) is 6.76. The van der Waals surface area contributed by atoms with E-state index >= 15 is 0 Å². The Morgan fingerprint density at radius 3 is 2.18 bits per heavy atom. The molecule has 1 N–H and O–H groups in total. The maximum atomic E-state index is 10.0. The fourth-order valence-corrected chi connectivity index (χ4v) is 3.78. The topological polar surface area (TPSA) is 55.1 Å². The second-order valence-electron chi connectivity index (χ2n) is 8.23. The molecule has 0 amide bonds. The van der Waals surface area contributed by atoms with Crippen molar-refractivity contribution in [2.45, 2.75) is 41.5 Å². The van der Waals surface area contributed by atoms with Crippen molar-refractivity contribution in [1.82, 2.24) is 9.55 Å². The summed E-state index contributed by atoms with van der Waals surface area (Å²) in [4.78, 5) is 15.0. The normalized spacial score (nSPS) is 10.9. The summed E-state index contributed by atoms with van der Waals surface area (Å²) in [5.41, 5.74) is 9.11. The van der Waals surface area contributed by atoms with Crippen LogP contribution in [0.25, 0.3) is 27.8 Å². The SMILES string of the molecule is CC(=O)/C=C(/C)O.Cc1[c-]c(-c2nc3cc(C)c(-n4cccc4)cc3cc2C)cc(C)c1.[Ir]. The van der Waals surface area contributed by atoms with Gasteiger partial charge in [0.05, 0.1) is 11.3 Å². The maximum absolute atomic E-state index is 10.0. The van der Waals surface area contributed by atoms with Gasteiger partial charge in [-0.05, 0) is 63.2 Å². The molecule has 4 rings (SSSR count). The quantitative estimate of drug-likeness (QED) is 0.157. The molecule has 2 aromatic carbocycles. The molecule has 0 saturated heterocycles. The van der Waals surface area contributed by atoms with Crippen LogP contribution < -0.4 is 0 Å². The van der Waals surface area contributed by atoms with Gasteiger partial charge in [-0.3, -0.25) is 9.78 Å². The van der Waals surface area contributed by atoms with Crippen LogP contribution in [-0.2, 0) is 24.9 Å². The van der Waals surface area contributed by atoms with Crippen molar-refractivity contribution in [2.75, 3.05) is 0 Å². The van der Waals surface area contributed by atoms with Crippen LogP contribution in [-0.4, -0.2) is 20.4 Å². The van der Waals surface area contributed by atoms with Gasteiger partial charge in [0.2, 0.25) is 0 Å². The van der Waals surface area contributed by atoms with Crippen LogP contribution in [0.5, 0.6) is 0 Å². The van der Waals surface area contributed by atoms with Gasteiger partial charge in [-0.1, -0.05) is 25.5 Å². The van der Waals surface area contributed by atoms with Crippen molar-refractivity contribution in [3.63, 3.8) is 0 Å². The molecule has 4 aromatic rings. The van der Waals surface area contributed by atoms with Crippen molar-refractivity contribution in [1.29, 1.82) is 0 Å². The number of carbonyl (C=O) groups excluding carboxylic acids is 1. The number of hydrogen-bond donors (Lipinski definition) is 1. The van der Waals surface area contributed by atoms with E-state index in [1.165, 1.54) is 47.7 Å². The molecular weight excluding hydrogens is 589 g/mol. The second kappa shape index (κ2) is 11.2. The Balaban J connectivity index is 0.000000423. The fraction of sp³-hybridized carbons (Fsp3) is 0.214. The van der Waals surface area contributed by atoms with Crippen LogP contribution in [0.2, 0.25) is 0 Å². The number of aryl methyl sites for hydroxylation is 4. The van der Waals surface area contributed by atoms with E-state index < -0.39 is 0 Å². The summed E-state index contributed by atoms with van der Waals surface area (Å²) >= 11 is 0. The number of benzene rings is 2. The molecule has 0 aliphatic rings. The molecule has 0 spiro atoms. The van der Waals surface area contributed by atoms with Crippen LogP contribution in [0, 0.1) is 33.8 Å². The maximum Gasteiger partial charge on any atom is 0.155 e. The molecular formula is C28H29IrN2O2-. The third-order valence-corrected chi connectivity index (χ3v) is 5.02. The van der Waals surface area contributed by atoms with Crippen LogP contribution in [0.15, 0.2) is 66.7 Å². The fourth-order valence-electron chi connectivity index (χ4n) is 3.78. The average Bonchev–Trinajstić information content (AvgIpc) is 3.20. The zero-order valence-electron chi connectivity index (χ0n) is 19.9. The number of nitrogens with zero attached hydrogens (tertiary/aromatic N) is 2. The van der Waals surface area contributed by atoms with Crippen LogP contribution in [0.3, 0.4) is 0 Å². The monoisotopic (exact) mass is 618 g/mol. The molecule has 5 heteroatoms. The van der Waals surface area contributed by atoms with Gasteiger partial charge >= 0.3 is 0 Å². The number of aliphatic hydroxyl groups is 1. The molecule has 0 aliphatic carbocycles. The van der Waals surface area contributed by atoms with E-state index in [9.17, 15) is 4.79 Å². The molecule has 2 aromatic heterocycles. The van der Waals surface area contributed by atoms with Gasteiger partial charge in [-0.15, -0.1) is 34.9 Å². The summed E-state index contributed by atoms with van der Waals surface area (Å²) in [5, 5.41) is 9.53. The molecule has 0 unspecified atom stereocenters. The molecule has 2 heterocycles. The number of allylic oxidation sites excluding steroid dienone is 2. The van der Waals surface area contributed by atoms with E-state index in [0.29, 0.717) is 0 Å². The molecule has 0 bridgehead atoms. The first-order valence-corrected chi connectivity index (χ1v) is 10.6. The Morgan fingerprint density at radius 2 is 1.64 bits per heavy atom. The number of carbonyl (C=O) groups is 1. The number of pyridine rings is 1. The van der Waals surface area contributed by atoms with E-state index in [2.05, 4.69) is 81.1 Å². The van der Waals surface area contributed by atoms with Crippen molar-refractivity contribution >= 4 is 16.7 Å².